The standard InChI is InChI=1S/C22H20FN5O3/c1-31-18-7-5-15(6-8-18)14-24-20(29)10-9-19-25-26-21-22(30)27(11-12-28(19)21)17-4-2-3-16(23)13-17/h2-8,11-13H,9-10,14H2,1H3,(H,24,29). The molecule has 158 valence electrons. The number of fused-ring (bicyclic) bond motifs is 1. The average molecular weight is 421 g/mol. The zero-order valence-corrected chi connectivity index (χ0v) is 16.8. The van der Waals surface area contributed by atoms with Gasteiger partial charge in [0.15, 0.2) is 0 Å². The van der Waals surface area contributed by atoms with Gasteiger partial charge in [-0.2, -0.15) is 0 Å². The number of benzene rings is 2. The van der Waals surface area contributed by atoms with E-state index < -0.39 is 11.4 Å². The Morgan fingerprint density at radius 1 is 1.13 bits per heavy atom. The molecule has 0 atom stereocenters. The van der Waals surface area contributed by atoms with Crippen LogP contribution in [0.15, 0.2) is 65.7 Å². The van der Waals surface area contributed by atoms with Crippen LogP contribution in [0, 0.1) is 5.82 Å². The number of aromatic nitrogens is 4. The molecule has 0 bridgehead atoms. The minimum atomic E-state index is -0.438. The van der Waals surface area contributed by atoms with Gasteiger partial charge in [0.2, 0.25) is 11.6 Å². The van der Waals surface area contributed by atoms with Crippen LogP contribution in [0.5, 0.6) is 5.75 Å². The molecule has 9 heteroatoms. The lowest BCUT2D eigenvalue weighted by Gasteiger charge is -2.07. The molecule has 0 aliphatic rings. The molecule has 2 aromatic heterocycles. The number of ether oxygens (including phenoxy) is 1. The van der Waals surface area contributed by atoms with Crippen molar-refractivity contribution in [1.82, 2.24) is 24.5 Å². The molecule has 1 N–H and O–H groups in total. The van der Waals surface area contributed by atoms with Gasteiger partial charge in [-0.1, -0.05) is 18.2 Å². The molecule has 31 heavy (non-hydrogen) atoms. The molecule has 0 unspecified atom stereocenters. The highest BCUT2D eigenvalue weighted by Crippen LogP contribution is 2.12. The maximum atomic E-state index is 13.5. The van der Waals surface area contributed by atoms with Crippen LogP contribution in [0.3, 0.4) is 0 Å². The number of carbonyl (C=O) groups is 1. The van der Waals surface area contributed by atoms with Gasteiger partial charge in [-0.05, 0) is 35.9 Å². The fourth-order valence-electron chi connectivity index (χ4n) is 3.19. The number of nitrogens with zero attached hydrogens (tertiary/aromatic N) is 4. The molecular formula is C22H20FN5O3. The Bertz CT molecular complexity index is 1280. The maximum absolute atomic E-state index is 13.5. The van der Waals surface area contributed by atoms with Crippen molar-refractivity contribution in [2.75, 3.05) is 7.11 Å². The summed E-state index contributed by atoms with van der Waals surface area (Å²) in [6.07, 6.45) is 3.68. The fourth-order valence-corrected chi connectivity index (χ4v) is 3.19. The lowest BCUT2D eigenvalue weighted by molar-refractivity contribution is -0.121. The molecule has 0 radical (unpaired) electrons. The SMILES string of the molecule is COc1ccc(CNC(=O)CCc2nnc3c(=O)n(-c4cccc(F)c4)ccn23)cc1. The highest BCUT2D eigenvalue weighted by molar-refractivity contribution is 5.76. The van der Waals surface area contributed by atoms with Crippen LogP contribution in [0.25, 0.3) is 11.3 Å². The van der Waals surface area contributed by atoms with Crippen LogP contribution in [0.1, 0.15) is 17.8 Å². The molecule has 8 nitrogen and oxygen atoms in total. The summed E-state index contributed by atoms with van der Waals surface area (Å²) in [6.45, 7) is 0.405. The quantitative estimate of drug-likeness (QED) is 0.494. The summed E-state index contributed by atoms with van der Waals surface area (Å²) in [5, 5.41) is 10.9. The van der Waals surface area contributed by atoms with Crippen LogP contribution in [0.2, 0.25) is 0 Å². The molecule has 2 aromatic carbocycles. The second-order valence-corrected chi connectivity index (χ2v) is 6.89. The van der Waals surface area contributed by atoms with Gasteiger partial charge in [-0.25, -0.2) is 4.39 Å². The summed E-state index contributed by atoms with van der Waals surface area (Å²) in [5.74, 6) is 0.677. The normalized spacial score (nSPS) is 10.9. The molecule has 4 rings (SSSR count). The van der Waals surface area contributed by atoms with Crippen molar-refractivity contribution < 1.29 is 13.9 Å². The zero-order valence-electron chi connectivity index (χ0n) is 16.8. The molecule has 0 spiro atoms. The molecule has 0 saturated heterocycles. The number of hydrogen-bond donors (Lipinski definition) is 1. The van der Waals surface area contributed by atoms with Gasteiger partial charge in [-0.15, -0.1) is 10.2 Å². The molecule has 0 aliphatic carbocycles. The van der Waals surface area contributed by atoms with Gasteiger partial charge in [0, 0.05) is 31.8 Å². The van der Waals surface area contributed by atoms with Crippen LogP contribution in [0.4, 0.5) is 4.39 Å². The number of aryl methyl sites for hydroxylation is 1. The van der Waals surface area contributed by atoms with E-state index in [9.17, 15) is 14.0 Å². The van der Waals surface area contributed by atoms with E-state index >= 15 is 0 Å². The van der Waals surface area contributed by atoms with E-state index in [0.29, 0.717) is 24.5 Å². The first-order valence-electron chi connectivity index (χ1n) is 9.66. The first-order chi connectivity index (χ1) is 15.0. The van der Waals surface area contributed by atoms with E-state index in [-0.39, 0.29) is 18.0 Å². The van der Waals surface area contributed by atoms with Crippen molar-refractivity contribution in [3.8, 4) is 11.4 Å². The fraction of sp³-hybridized carbons (Fsp3) is 0.182. The minimum absolute atomic E-state index is 0.111. The molecule has 4 aromatic rings. The third-order valence-electron chi connectivity index (χ3n) is 4.85. The summed E-state index contributed by atoms with van der Waals surface area (Å²) >= 11 is 0. The number of rotatable bonds is 7. The third kappa shape index (κ3) is 4.45. The van der Waals surface area contributed by atoms with Crippen molar-refractivity contribution in [3.05, 3.63) is 88.5 Å². The Morgan fingerprint density at radius 3 is 2.68 bits per heavy atom. The van der Waals surface area contributed by atoms with Crippen molar-refractivity contribution in [2.24, 2.45) is 0 Å². The van der Waals surface area contributed by atoms with Crippen LogP contribution in [-0.4, -0.2) is 32.2 Å². The van der Waals surface area contributed by atoms with E-state index in [1.54, 1.807) is 23.8 Å². The van der Waals surface area contributed by atoms with Crippen molar-refractivity contribution in [2.45, 2.75) is 19.4 Å². The van der Waals surface area contributed by atoms with Crippen molar-refractivity contribution >= 4 is 11.6 Å². The van der Waals surface area contributed by atoms with E-state index in [1.807, 2.05) is 24.3 Å². The van der Waals surface area contributed by atoms with Crippen LogP contribution >= 0.6 is 0 Å². The molecule has 2 heterocycles. The first-order valence-corrected chi connectivity index (χ1v) is 9.66. The van der Waals surface area contributed by atoms with E-state index in [0.717, 1.165) is 11.3 Å². The molecule has 0 fully saturated rings. The number of methoxy groups -OCH3 is 1. The Balaban J connectivity index is 1.42. The van der Waals surface area contributed by atoms with E-state index in [2.05, 4.69) is 15.5 Å². The first kappa shape index (κ1) is 20.3. The Labute approximate surface area is 176 Å². The number of halogens is 1. The smallest absolute Gasteiger partial charge is 0.300 e. The van der Waals surface area contributed by atoms with Gasteiger partial charge >= 0.3 is 5.56 Å². The average Bonchev–Trinajstić information content (AvgIpc) is 3.21. The molecule has 1 amide bonds. The van der Waals surface area contributed by atoms with Crippen LogP contribution in [-0.2, 0) is 17.8 Å². The zero-order chi connectivity index (χ0) is 21.8. The Hall–Kier alpha value is -4.01. The number of amides is 1. The maximum Gasteiger partial charge on any atom is 0.300 e. The van der Waals surface area contributed by atoms with Crippen molar-refractivity contribution in [3.63, 3.8) is 0 Å². The summed E-state index contributed by atoms with van der Waals surface area (Å²) < 4.78 is 21.5. The summed E-state index contributed by atoms with van der Waals surface area (Å²) in [4.78, 5) is 24.9. The molecular weight excluding hydrogens is 401 g/mol. The van der Waals surface area contributed by atoms with E-state index in [4.69, 9.17) is 4.74 Å². The van der Waals surface area contributed by atoms with Gasteiger partial charge in [0.1, 0.15) is 17.4 Å². The van der Waals surface area contributed by atoms with Crippen LogP contribution < -0.4 is 15.6 Å². The summed E-state index contributed by atoms with van der Waals surface area (Å²) in [5.41, 5.74) is 1.05. The Morgan fingerprint density at radius 2 is 1.94 bits per heavy atom. The number of nitrogens with one attached hydrogen (secondary N) is 1. The van der Waals surface area contributed by atoms with E-state index in [1.165, 1.54) is 29.0 Å². The summed E-state index contributed by atoms with van der Waals surface area (Å²) in [6, 6.07) is 13.2. The predicted molar refractivity (Wildman–Crippen MR) is 112 cm³/mol. The van der Waals surface area contributed by atoms with Crippen molar-refractivity contribution in [1.29, 1.82) is 0 Å². The predicted octanol–water partition coefficient (Wildman–Crippen LogP) is 2.28. The highest BCUT2D eigenvalue weighted by Gasteiger charge is 2.13. The molecule has 0 aliphatic heterocycles. The number of carbonyl (C=O) groups excluding carboxylic acids is 1. The largest absolute Gasteiger partial charge is 0.497 e. The highest BCUT2D eigenvalue weighted by atomic mass is 19.1. The second kappa shape index (κ2) is 8.78. The van der Waals surface area contributed by atoms with Gasteiger partial charge in [0.05, 0.1) is 12.8 Å². The van der Waals surface area contributed by atoms with Gasteiger partial charge < -0.3 is 10.1 Å². The summed E-state index contributed by atoms with van der Waals surface area (Å²) in [7, 11) is 1.60. The molecule has 0 saturated carbocycles. The Kier molecular flexibility index (Phi) is 5.74. The van der Waals surface area contributed by atoms with Gasteiger partial charge in [0.25, 0.3) is 0 Å². The monoisotopic (exact) mass is 421 g/mol. The lowest BCUT2D eigenvalue weighted by Crippen LogP contribution is -2.23. The van der Waals surface area contributed by atoms with Gasteiger partial charge in [-0.3, -0.25) is 18.6 Å². The topological polar surface area (TPSA) is 90.5 Å². The second-order valence-electron chi connectivity index (χ2n) is 6.89. The minimum Gasteiger partial charge on any atom is -0.497 e. The lowest BCUT2D eigenvalue weighted by atomic mass is 10.2. The number of hydrogen-bond acceptors (Lipinski definition) is 5. The third-order valence-corrected chi connectivity index (χ3v) is 4.85.